The molecule has 29 heavy (non-hydrogen) atoms. The minimum atomic E-state index is 0.0727. The zero-order chi connectivity index (χ0) is 20.8. The summed E-state index contributed by atoms with van der Waals surface area (Å²) in [4.78, 5) is 13.5. The predicted molar refractivity (Wildman–Crippen MR) is 118 cm³/mol. The second-order valence-corrected chi connectivity index (χ2v) is 10.1. The van der Waals surface area contributed by atoms with Crippen LogP contribution in [0.1, 0.15) is 76.7 Å². The number of nitrogens with zero attached hydrogens (tertiary/aromatic N) is 1. The van der Waals surface area contributed by atoms with Crippen LogP contribution in [0.25, 0.3) is 10.9 Å². The number of methoxy groups -OCH3 is 1. The normalized spacial score (nSPS) is 27.5. The van der Waals surface area contributed by atoms with Gasteiger partial charge in [0.1, 0.15) is 11.4 Å². The van der Waals surface area contributed by atoms with Crippen molar-refractivity contribution in [3.05, 3.63) is 30.0 Å². The molecule has 0 aliphatic heterocycles. The number of benzene rings is 1. The minimum Gasteiger partial charge on any atom is -0.497 e. The maximum atomic E-state index is 13.5. The molecule has 0 saturated heterocycles. The van der Waals surface area contributed by atoms with E-state index in [4.69, 9.17) is 4.74 Å². The molecule has 2 bridgehead atoms. The molecule has 2 saturated carbocycles. The van der Waals surface area contributed by atoms with Crippen molar-refractivity contribution in [1.29, 1.82) is 0 Å². The van der Waals surface area contributed by atoms with Crippen LogP contribution < -0.4 is 10.1 Å². The Bertz CT molecular complexity index is 908. The Balaban J connectivity index is 1.67. The van der Waals surface area contributed by atoms with E-state index in [-0.39, 0.29) is 22.8 Å². The molecule has 0 spiro atoms. The Morgan fingerprint density at radius 3 is 2.69 bits per heavy atom. The molecule has 2 aliphatic rings. The highest BCUT2D eigenvalue weighted by Crippen LogP contribution is 2.62. The highest BCUT2D eigenvalue weighted by molar-refractivity contribution is 5.99. The van der Waals surface area contributed by atoms with E-state index >= 15 is 0 Å². The van der Waals surface area contributed by atoms with Crippen LogP contribution in [-0.4, -0.2) is 23.6 Å². The fourth-order valence-electron chi connectivity index (χ4n) is 6.18. The molecule has 1 amide bonds. The highest BCUT2D eigenvalue weighted by atomic mass is 16.5. The van der Waals surface area contributed by atoms with Gasteiger partial charge in [0, 0.05) is 24.0 Å². The molecule has 2 fully saturated rings. The van der Waals surface area contributed by atoms with Gasteiger partial charge < -0.3 is 14.6 Å². The molecule has 4 rings (SSSR count). The fraction of sp³-hybridized carbons (Fsp3) is 0.640. The summed E-state index contributed by atoms with van der Waals surface area (Å²) in [7, 11) is 1.69. The molecule has 1 aromatic carbocycles. The standard InChI is InChI=1S/C25H36N2O2/c1-6-7-8-13-27-20-15-19(29-5)10-9-17(20)14-21(27)22(28)26-23-24(2,3)18-11-12-25(23,4)16-18/h9-10,14-15,18,23H,6-8,11-13,16H2,1-5H3,(H,26,28)/t18?,23?,25-/m1/s1. The van der Waals surface area contributed by atoms with Gasteiger partial charge in [-0.25, -0.2) is 0 Å². The van der Waals surface area contributed by atoms with Crippen LogP contribution in [0.2, 0.25) is 0 Å². The van der Waals surface area contributed by atoms with Gasteiger partial charge in [0.05, 0.1) is 12.6 Å². The molecule has 2 aliphatic carbocycles. The second-order valence-electron chi connectivity index (χ2n) is 10.1. The number of nitrogens with one attached hydrogen (secondary N) is 1. The number of hydrogen-bond donors (Lipinski definition) is 1. The van der Waals surface area contributed by atoms with Crippen molar-refractivity contribution in [2.75, 3.05) is 7.11 Å². The average Bonchev–Trinajstić information content (AvgIpc) is 3.32. The number of hydrogen-bond acceptors (Lipinski definition) is 2. The maximum Gasteiger partial charge on any atom is 0.268 e. The van der Waals surface area contributed by atoms with Crippen molar-refractivity contribution in [2.24, 2.45) is 16.7 Å². The van der Waals surface area contributed by atoms with E-state index in [0.29, 0.717) is 0 Å². The number of aryl methyl sites for hydroxylation is 1. The van der Waals surface area contributed by atoms with E-state index < -0.39 is 0 Å². The third-order valence-electron chi connectivity index (χ3n) is 7.87. The van der Waals surface area contributed by atoms with E-state index in [1.54, 1.807) is 7.11 Å². The number of amides is 1. The largest absolute Gasteiger partial charge is 0.497 e. The van der Waals surface area contributed by atoms with Crippen molar-refractivity contribution >= 4 is 16.8 Å². The van der Waals surface area contributed by atoms with E-state index in [2.05, 4.69) is 55.8 Å². The lowest BCUT2D eigenvalue weighted by atomic mass is 9.68. The van der Waals surface area contributed by atoms with Gasteiger partial charge in [0.2, 0.25) is 0 Å². The van der Waals surface area contributed by atoms with Gasteiger partial charge in [0.15, 0.2) is 0 Å². The van der Waals surface area contributed by atoms with E-state index in [1.807, 2.05) is 6.07 Å². The Kier molecular flexibility index (Phi) is 5.16. The fourth-order valence-corrected chi connectivity index (χ4v) is 6.18. The Morgan fingerprint density at radius 2 is 2.03 bits per heavy atom. The number of unbranched alkanes of at least 4 members (excludes halogenated alkanes) is 2. The molecular formula is C25H36N2O2. The summed E-state index contributed by atoms with van der Waals surface area (Å²) < 4.78 is 7.64. The van der Waals surface area contributed by atoms with Crippen LogP contribution in [-0.2, 0) is 6.54 Å². The van der Waals surface area contributed by atoms with Crippen molar-refractivity contribution in [2.45, 2.75) is 78.8 Å². The van der Waals surface area contributed by atoms with Crippen LogP contribution in [0, 0.1) is 16.7 Å². The summed E-state index contributed by atoms with van der Waals surface area (Å²) in [6.45, 7) is 10.1. The summed E-state index contributed by atoms with van der Waals surface area (Å²) in [5.74, 6) is 1.63. The molecule has 1 N–H and O–H groups in total. The number of carbonyl (C=O) groups excluding carboxylic acids is 1. The Morgan fingerprint density at radius 1 is 1.24 bits per heavy atom. The summed E-state index contributed by atoms with van der Waals surface area (Å²) in [6, 6.07) is 8.38. The first-order valence-corrected chi connectivity index (χ1v) is 11.3. The first kappa shape index (κ1) is 20.3. The lowest BCUT2D eigenvalue weighted by Gasteiger charge is -2.43. The van der Waals surface area contributed by atoms with Gasteiger partial charge in [-0.1, -0.05) is 40.5 Å². The highest BCUT2D eigenvalue weighted by Gasteiger charge is 2.59. The van der Waals surface area contributed by atoms with Crippen molar-refractivity contribution in [3.8, 4) is 5.75 Å². The number of rotatable bonds is 7. The lowest BCUT2D eigenvalue weighted by molar-refractivity contribution is 0.0729. The quantitative estimate of drug-likeness (QED) is 0.602. The van der Waals surface area contributed by atoms with Crippen molar-refractivity contribution in [1.82, 2.24) is 9.88 Å². The first-order valence-electron chi connectivity index (χ1n) is 11.3. The zero-order valence-electron chi connectivity index (χ0n) is 18.7. The summed E-state index contributed by atoms with van der Waals surface area (Å²) in [5, 5.41) is 4.59. The van der Waals surface area contributed by atoms with E-state index in [1.165, 1.54) is 32.1 Å². The van der Waals surface area contributed by atoms with Crippen molar-refractivity contribution < 1.29 is 9.53 Å². The second kappa shape index (κ2) is 7.37. The first-order chi connectivity index (χ1) is 13.8. The van der Waals surface area contributed by atoms with Gasteiger partial charge in [-0.2, -0.15) is 0 Å². The zero-order valence-corrected chi connectivity index (χ0v) is 18.7. The number of ether oxygens (including phenoxy) is 1. The minimum absolute atomic E-state index is 0.0727. The van der Waals surface area contributed by atoms with Gasteiger partial charge >= 0.3 is 0 Å². The molecule has 1 heterocycles. The van der Waals surface area contributed by atoms with Crippen LogP contribution in [0.15, 0.2) is 24.3 Å². The monoisotopic (exact) mass is 396 g/mol. The Hall–Kier alpha value is -1.97. The molecule has 2 unspecified atom stereocenters. The van der Waals surface area contributed by atoms with Crippen LogP contribution in [0.5, 0.6) is 5.75 Å². The number of aromatic nitrogens is 1. The molecule has 0 radical (unpaired) electrons. The van der Waals surface area contributed by atoms with E-state index in [0.717, 1.165) is 41.2 Å². The SMILES string of the molecule is CCCCCn1c(C(=O)NC2C(C)(C)C3CC[C@]2(C)C3)cc2ccc(OC)cc21. The third-order valence-corrected chi connectivity index (χ3v) is 7.87. The van der Waals surface area contributed by atoms with Crippen LogP contribution in [0.3, 0.4) is 0 Å². The maximum absolute atomic E-state index is 13.5. The summed E-state index contributed by atoms with van der Waals surface area (Å²) in [6.07, 6.45) is 7.17. The molecule has 158 valence electrons. The van der Waals surface area contributed by atoms with Crippen LogP contribution >= 0.6 is 0 Å². The molecule has 3 atom stereocenters. The third kappa shape index (κ3) is 3.35. The van der Waals surface area contributed by atoms with Gasteiger partial charge in [-0.3, -0.25) is 4.79 Å². The predicted octanol–water partition coefficient (Wildman–Crippen LogP) is 5.78. The number of carbonyl (C=O) groups is 1. The van der Waals surface area contributed by atoms with Crippen LogP contribution in [0.4, 0.5) is 0 Å². The van der Waals surface area contributed by atoms with Gasteiger partial charge in [-0.05, 0) is 60.6 Å². The van der Waals surface area contributed by atoms with Gasteiger partial charge in [0.25, 0.3) is 5.91 Å². The molecule has 4 heteroatoms. The van der Waals surface area contributed by atoms with Crippen molar-refractivity contribution in [3.63, 3.8) is 0 Å². The smallest absolute Gasteiger partial charge is 0.268 e. The molecule has 1 aromatic heterocycles. The van der Waals surface area contributed by atoms with E-state index in [9.17, 15) is 4.79 Å². The lowest BCUT2D eigenvalue weighted by Crippen LogP contribution is -2.52. The number of fused-ring (bicyclic) bond motifs is 3. The molecule has 2 aromatic rings. The summed E-state index contributed by atoms with van der Waals surface area (Å²) in [5.41, 5.74) is 2.26. The summed E-state index contributed by atoms with van der Waals surface area (Å²) >= 11 is 0. The van der Waals surface area contributed by atoms with Gasteiger partial charge in [-0.15, -0.1) is 0 Å². The molecular weight excluding hydrogens is 360 g/mol. The average molecular weight is 397 g/mol. The topological polar surface area (TPSA) is 43.3 Å². The molecule has 4 nitrogen and oxygen atoms in total. The Labute approximate surface area is 175 Å².